The van der Waals surface area contributed by atoms with Gasteiger partial charge in [0.15, 0.2) is 5.17 Å². The van der Waals surface area contributed by atoms with Crippen LogP contribution in [0.3, 0.4) is 0 Å². The molecule has 18 heavy (non-hydrogen) atoms. The monoisotopic (exact) mass is 262 g/mol. The lowest BCUT2D eigenvalue weighted by atomic mass is 10.0. The van der Waals surface area contributed by atoms with E-state index in [1.165, 1.54) is 17.3 Å². The summed E-state index contributed by atoms with van der Waals surface area (Å²) in [6.07, 6.45) is 0. The van der Waals surface area contributed by atoms with Gasteiger partial charge in [-0.15, -0.1) is 0 Å². The van der Waals surface area contributed by atoms with Gasteiger partial charge in [0.2, 0.25) is 5.91 Å². The quantitative estimate of drug-likeness (QED) is 0.888. The van der Waals surface area contributed by atoms with E-state index < -0.39 is 0 Å². The predicted octanol–water partition coefficient (Wildman–Crippen LogP) is 2.17. The van der Waals surface area contributed by atoms with Crippen LogP contribution in [0.4, 0.5) is 0 Å². The SMILES string of the molecule is CC(C)c1ccc(C(=O)N=C2NC(=O)CS2)cc1. The fourth-order valence-electron chi connectivity index (χ4n) is 1.55. The molecule has 0 aromatic heterocycles. The van der Waals surface area contributed by atoms with Crippen molar-refractivity contribution in [3.63, 3.8) is 0 Å². The Morgan fingerprint density at radius 3 is 2.50 bits per heavy atom. The van der Waals surface area contributed by atoms with Gasteiger partial charge >= 0.3 is 0 Å². The summed E-state index contributed by atoms with van der Waals surface area (Å²) in [6.45, 7) is 4.20. The Hall–Kier alpha value is -1.62. The van der Waals surface area contributed by atoms with Gasteiger partial charge in [0.1, 0.15) is 0 Å². The van der Waals surface area contributed by atoms with E-state index in [4.69, 9.17) is 0 Å². The number of aliphatic imine (C=N–C) groups is 1. The summed E-state index contributed by atoms with van der Waals surface area (Å²) < 4.78 is 0. The van der Waals surface area contributed by atoms with Crippen LogP contribution in [0.1, 0.15) is 35.7 Å². The highest BCUT2D eigenvalue weighted by molar-refractivity contribution is 8.15. The van der Waals surface area contributed by atoms with Crippen molar-refractivity contribution in [2.75, 3.05) is 5.75 Å². The second-order valence-electron chi connectivity index (χ2n) is 4.34. The van der Waals surface area contributed by atoms with Gasteiger partial charge in [0, 0.05) is 5.56 Å². The molecule has 1 fully saturated rings. The van der Waals surface area contributed by atoms with E-state index >= 15 is 0 Å². The maximum absolute atomic E-state index is 11.8. The van der Waals surface area contributed by atoms with Crippen LogP contribution < -0.4 is 5.32 Å². The Morgan fingerprint density at radius 2 is 2.00 bits per heavy atom. The van der Waals surface area contributed by atoms with Crippen LogP contribution in [0, 0.1) is 0 Å². The number of hydrogen-bond donors (Lipinski definition) is 1. The molecular formula is C13H14N2O2S. The van der Waals surface area contributed by atoms with E-state index in [0.29, 0.717) is 22.4 Å². The lowest BCUT2D eigenvalue weighted by Gasteiger charge is -2.05. The summed E-state index contributed by atoms with van der Waals surface area (Å²) in [5, 5.41) is 2.92. The van der Waals surface area contributed by atoms with Crippen LogP contribution in [-0.4, -0.2) is 22.7 Å². The Kier molecular flexibility index (Phi) is 3.81. The maximum Gasteiger partial charge on any atom is 0.279 e. The summed E-state index contributed by atoms with van der Waals surface area (Å²) in [7, 11) is 0. The molecule has 2 amide bonds. The van der Waals surface area contributed by atoms with Crippen LogP contribution >= 0.6 is 11.8 Å². The first kappa shape index (κ1) is 12.8. The van der Waals surface area contributed by atoms with Crippen molar-refractivity contribution >= 4 is 28.7 Å². The van der Waals surface area contributed by atoms with E-state index in [2.05, 4.69) is 24.2 Å². The average molecular weight is 262 g/mol. The highest BCUT2D eigenvalue weighted by atomic mass is 32.2. The number of carbonyl (C=O) groups excluding carboxylic acids is 2. The average Bonchev–Trinajstić information content (AvgIpc) is 2.75. The number of hydrogen-bond acceptors (Lipinski definition) is 3. The third kappa shape index (κ3) is 2.98. The van der Waals surface area contributed by atoms with E-state index in [0.717, 1.165) is 0 Å². The topological polar surface area (TPSA) is 58.5 Å². The smallest absolute Gasteiger partial charge is 0.279 e. The summed E-state index contributed by atoms with van der Waals surface area (Å²) in [5.41, 5.74) is 1.72. The van der Waals surface area contributed by atoms with Crippen molar-refractivity contribution < 1.29 is 9.59 Å². The van der Waals surface area contributed by atoms with Gasteiger partial charge in [-0.1, -0.05) is 37.7 Å². The first-order valence-electron chi connectivity index (χ1n) is 5.72. The van der Waals surface area contributed by atoms with Gasteiger partial charge in [-0.05, 0) is 23.6 Å². The molecule has 94 valence electrons. The molecule has 0 radical (unpaired) electrons. The molecule has 0 saturated carbocycles. The van der Waals surface area contributed by atoms with Crippen molar-refractivity contribution in [1.82, 2.24) is 5.32 Å². The Balaban J connectivity index is 2.12. The fourth-order valence-corrected chi connectivity index (χ4v) is 2.23. The van der Waals surface area contributed by atoms with E-state index in [-0.39, 0.29) is 11.8 Å². The van der Waals surface area contributed by atoms with E-state index in [1.807, 2.05) is 12.1 Å². The van der Waals surface area contributed by atoms with E-state index in [9.17, 15) is 9.59 Å². The number of nitrogens with one attached hydrogen (secondary N) is 1. The fraction of sp³-hybridized carbons (Fsp3) is 0.308. The van der Waals surface area contributed by atoms with Crippen molar-refractivity contribution in [3.8, 4) is 0 Å². The van der Waals surface area contributed by atoms with Crippen LogP contribution in [0.15, 0.2) is 29.3 Å². The number of nitrogens with zero attached hydrogens (tertiary/aromatic N) is 1. The molecule has 1 aromatic rings. The molecule has 1 saturated heterocycles. The summed E-state index contributed by atoms with van der Waals surface area (Å²) in [6, 6.07) is 7.39. The number of carbonyl (C=O) groups is 2. The zero-order chi connectivity index (χ0) is 13.1. The minimum atomic E-state index is -0.324. The minimum Gasteiger partial charge on any atom is -0.304 e. The van der Waals surface area contributed by atoms with E-state index in [1.54, 1.807) is 12.1 Å². The van der Waals surface area contributed by atoms with Gasteiger partial charge in [-0.3, -0.25) is 9.59 Å². The standard InChI is InChI=1S/C13H14N2O2S/c1-8(2)9-3-5-10(6-4-9)12(17)15-13-14-11(16)7-18-13/h3-6,8H,7H2,1-2H3,(H,14,15,16,17). The highest BCUT2D eigenvalue weighted by Crippen LogP contribution is 2.16. The van der Waals surface area contributed by atoms with Crippen LogP contribution in [0.2, 0.25) is 0 Å². The predicted molar refractivity (Wildman–Crippen MR) is 72.9 cm³/mol. The molecule has 4 nitrogen and oxygen atoms in total. The largest absolute Gasteiger partial charge is 0.304 e. The van der Waals surface area contributed by atoms with Crippen molar-refractivity contribution in [3.05, 3.63) is 35.4 Å². The first-order chi connectivity index (χ1) is 8.56. The summed E-state index contributed by atoms with van der Waals surface area (Å²) in [5.74, 6) is 0.333. The van der Waals surface area contributed by atoms with Crippen LogP contribution in [0.5, 0.6) is 0 Å². The maximum atomic E-state index is 11.8. The third-order valence-corrected chi connectivity index (χ3v) is 3.49. The molecule has 2 rings (SSSR count). The molecule has 0 aliphatic carbocycles. The molecule has 1 aliphatic rings. The normalized spacial score (nSPS) is 17.3. The Morgan fingerprint density at radius 1 is 1.33 bits per heavy atom. The highest BCUT2D eigenvalue weighted by Gasteiger charge is 2.18. The van der Waals surface area contributed by atoms with Gasteiger partial charge in [0.05, 0.1) is 5.75 Å². The molecule has 1 N–H and O–H groups in total. The molecule has 5 heteroatoms. The second-order valence-corrected chi connectivity index (χ2v) is 5.30. The number of thioether (sulfide) groups is 1. The number of amidine groups is 1. The molecule has 0 spiro atoms. The van der Waals surface area contributed by atoms with Gasteiger partial charge < -0.3 is 5.32 Å². The van der Waals surface area contributed by atoms with Crippen LogP contribution in [0.25, 0.3) is 0 Å². The number of benzene rings is 1. The molecule has 0 unspecified atom stereocenters. The summed E-state index contributed by atoms with van der Waals surface area (Å²) >= 11 is 1.25. The number of rotatable bonds is 2. The molecule has 1 aromatic carbocycles. The zero-order valence-corrected chi connectivity index (χ0v) is 11.1. The van der Waals surface area contributed by atoms with Crippen molar-refractivity contribution in [1.29, 1.82) is 0 Å². The molecule has 1 aliphatic heterocycles. The van der Waals surface area contributed by atoms with Gasteiger partial charge in [-0.25, -0.2) is 0 Å². The minimum absolute atomic E-state index is 0.110. The third-order valence-electron chi connectivity index (χ3n) is 2.61. The Bertz CT molecular complexity index is 506. The summed E-state index contributed by atoms with van der Waals surface area (Å²) in [4.78, 5) is 26.7. The van der Waals surface area contributed by atoms with Crippen molar-refractivity contribution in [2.45, 2.75) is 19.8 Å². The molecular weight excluding hydrogens is 248 g/mol. The molecule has 1 heterocycles. The first-order valence-corrected chi connectivity index (χ1v) is 6.70. The Labute approximate surface area is 110 Å². The molecule has 0 atom stereocenters. The zero-order valence-electron chi connectivity index (χ0n) is 10.3. The second kappa shape index (κ2) is 5.35. The van der Waals surface area contributed by atoms with Crippen molar-refractivity contribution in [2.24, 2.45) is 4.99 Å². The lowest BCUT2D eigenvalue weighted by Crippen LogP contribution is -2.21. The lowest BCUT2D eigenvalue weighted by molar-refractivity contribution is -0.116. The van der Waals surface area contributed by atoms with Crippen LogP contribution in [-0.2, 0) is 4.79 Å². The number of amides is 2. The molecule has 0 bridgehead atoms. The van der Waals surface area contributed by atoms with Gasteiger partial charge in [-0.2, -0.15) is 4.99 Å². The van der Waals surface area contributed by atoms with Gasteiger partial charge in [0.25, 0.3) is 5.91 Å².